The maximum Gasteiger partial charge on any atom is 0.493 e. The summed E-state index contributed by atoms with van der Waals surface area (Å²) in [6.07, 6.45) is 2.11. The summed E-state index contributed by atoms with van der Waals surface area (Å²) in [6.45, 7) is 7.14. The van der Waals surface area contributed by atoms with Crippen molar-refractivity contribution in [2.75, 3.05) is 0 Å². The molecule has 1 aromatic heterocycles. The van der Waals surface area contributed by atoms with E-state index in [2.05, 4.69) is 10.2 Å². The minimum atomic E-state index is -1.07. The Bertz CT molecular complexity index is 589. The number of aromatic nitrogens is 2. The van der Waals surface area contributed by atoms with Crippen LogP contribution in [0.1, 0.15) is 34.1 Å². The van der Waals surface area contributed by atoms with Crippen LogP contribution in [0.3, 0.4) is 0 Å². The van der Waals surface area contributed by atoms with Gasteiger partial charge >= 0.3 is 7.12 Å². The van der Waals surface area contributed by atoms with E-state index in [1.165, 1.54) is 0 Å². The molecule has 0 aliphatic carbocycles. The number of fused-ring (bicyclic) bond motifs is 1. The summed E-state index contributed by atoms with van der Waals surface area (Å²) in [5.41, 5.74) is -0.105. The highest BCUT2D eigenvalue weighted by atomic mass is 16.5. The first kappa shape index (κ1) is 15.0. The predicted octanol–water partition coefficient (Wildman–Crippen LogP) is 1.21. The molecule has 1 heterocycles. The number of para-hydroxylation sites is 1. The van der Waals surface area contributed by atoms with Crippen molar-refractivity contribution in [2.45, 2.75) is 45.3 Å². The molecule has 0 spiro atoms. The van der Waals surface area contributed by atoms with Crippen LogP contribution in [0.5, 0.6) is 0 Å². The van der Waals surface area contributed by atoms with Gasteiger partial charge in [0.25, 0.3) is 0 Å². The third kappa shape index (κ3) is 3.59. The number of rotatable bonds is 5. The number of aliphatic hydroxyl groups is 1. The fraction of sp³-hybridized carbons (Fsp3) is 0.500. The van der Waals surface area contributed by atoms with Crippen molar-refractivity contribution < 1.29 is 14.8 Å². The lowest BCUT2D eigenvalue weighted by molar-refractivity contribution is -0.0178. The Hall–Kier alpha value is -1.37. The number of nitrogens with one attached hydrogen (secondary N) is 1. The second-order valence-electron chi connectivity index (χ2n) is 6.40. The van der Waals surface area contributed by atoms with E-state index >= 15 is 0 Å². The van der Waals surface area contributed by atoms with Crippen molar-refractivity contribution in [3.8, 4) is 0 Å². The van der Waals surface area contributed by atoms with Gasteiger partial charge in [-0.25, -0.2) is 0 Å². The van der Waals surface area contributed by atoms with Crippen molar-refractivity contribution in [2.24, 2.45) is 0 Å². The maximum absolute atomic E-state index is 10.3. The molecule has 0 aliphatic heterocycles. The number of aromatic amines is 1. The molecule has 2 aromatic rings. The standard InChI is InChI=1S/C14H21BN2O3/c1-13(2,18)9-14(3,4)20-15(19)11-7-5-6-10-8-16-17-12(10)11/h5-8,18-19H,9H2,1-4H3,(H,16,17). The van der Waals surface area contributed by atoms with Gasteiger partial charge in [0, 0.05) is 17.3 Å². The molecule has 0 amide bonds. The lowest BCUT2D eigenvalue weighted by Gasteiger charge is -2.33. The van der Waals surface area contributed by atoms with Crippen LogP contribution < -0.4 is 5.46 Å². The first-order chi connectivity index (χ1) is 9.18. The Balaban J connectivity index is 2.19. The molecule has 6 heteroatoms. The van der Waals surface area contributed by atoms with Gasteiger partial charge in [0.05, 0.1) is 22.9 Å². The third-order valence-corrected chi connectivity index (χ3v) is 3.06. The monoisotopic (exact) mass is 276 g/mol. The lowest BCUT2D eigenvalue weighted by Crippen LogP contribution is -2.45. The average Bonchev–Trinajstić information content (AvgIpc) is 2.71. The molecule has 0 saturated heterocycles. The van der Waals surface area contributed by atoms with Gasteiger partial charge < -0.3 is 14.8 Å². The largest absolute Gasteiger partial charge is 0.493 e. The zero-order chi connectivity index (χ0) is 15.0. The van der Waals surface area contributed by atoms with Gasteiger partial charge in [-0.1, -0.05) is 18.2 Å². The molecule has 108 valence electrons. The number of nitrogens with zero attached hydrogens (tertiary/aromatic N) is 1. The molecule has 0 bridgehead atoms. The fourth-order valence-electron chi connectivity index (χ4n) is 2.65. The molecule has 0 unspecified atom stereocenters. The van der Waals surface area contributed by atoms with Crippen molar-refractivity contribution in [3.63, 3.8) is 0 Å². The summed E-state index contributed by atoms with van der Waals surface area (Å²) in [5.74, 6) is 0. The molecule has 0 saturated carbocycles. The summed E-state index contributed by atoms with van der Waals surface area (Å²) in [7, 11) is -1.07. The normalized spacial score (nSPS) is 12.9. The number of hydrogen-bond acceptors (Lipinski definition) is 4. The van der Waals surface area contributed by atoms with Crippen LogP contribution in [-0.2, 0) is 4.65 Å². The molecule has 0 fully saturated rings. The van der Waals surface area contributed by atoms with Crippen LogP contribution in [-0.4, -0.2) is 38.6 Å². The van der Waals surface area contributed by atoms with Crippen LogP contribution in [0.25, 0.3) is 10.9 Å². The van der Waals surface area contributed by atoms with Crippen LogP contribution in [0.2, 0.25) is 0 Å². The summed E-state index contributed by atoms with van der Waals surface area (Å²) in [6, 6.07) is 5.56. The van der Waals surface area contributed by atoms with Gasteiger partial charge in [-0.3, -0.25) is 5.10 Å². The fourth-order valence-corrected chi connectivity index (χ4v) is 2.65. The van der Waals surface area contributed by atoms with E-state index in [0.29, 0.717) is 11.9 Å². The van der Waals surface area contributed by atoms with Gasteiger partial charge in [0.2, 0.25) is 0 Å². The van der Waals surface area contributed by atoms with E-state index in [1.54, 1.807) is 26.1 Å². The Morgan fingerprint density at radius 3 is 2.65 bits per heavy atom. The minimum Gasteiger partial charge on any atom is -0.423 e. The molecule has 5 nitrogen and oxygen atoms in total. The van der Waals surface area contributed by atoms with Crippen molar-refractivity contribution in [1.29, 1.82) is 0 Å². The second-order valence-corrected chi connectivity index (χ2v) is 6.40. The summed E-state index contributed by atoms with van der Waals surface area (Å²) in [4.78, 5) is 0. The summed E-state index contributed by atoms with van der Waals surface area (Å²) >= 11 is 0. The molecule has 3 N–H and O–H groups in total. The smallest absolute Gasteiger partial charge is 0.423 e. The van der Waals surface area contributed by atoms with Gasteiger partial charge in [0.1, 0.15) is 0 Å². The van der Waals surface area contributed by atoms with E-state index in [-0.39, 0.29) is 0 Å². The quantitative estimate of drug-likeness (QED) is 0.717. The highest BCUT2D eigenvalue weighted by molar-refractivity contribution is 6.63. The van der Waals surface area contributed by atoms with Crippen molar-refractivity contribution in [1.82, 2.24) is 10.2 Å². The molecule has 0 atom stereocenters. The highest BCUT2D eigenvalue weighted by Gasteiger charge is 2.33. The number of hydrogen-bond donors (Lipinski definition) is 3. The molecule has 20 heavy (non-hydrogen) atoms. The Labute approximate surface area is 119 Å². The third-order valence-electron chi connectivity index (χ3n) is 3.06. The topological polar surface area (TPSA) is 78.4 Å². The van der Waals surface area contributed by atoms with Gasteiger partial charge in [-0.2, -0.15) is 5.10 Å². The van der Waals surface area contributed by atoms with Gasteiger partial charge in [-0.15, -0.1) is 0 Å². The summed E-state index contributed by atoms with van der Waals surface area (Å²) in [5, 5.41) is 28.0. The zero-order valence-corrected chi connectivity index (χ0v) is 12.3. The lowest BCUT2D eigenvalue weighted by atomic mass is 9.76. The first-order valence-electron chi connectivity index (χ1n) is 6.68. The van der Waals surface area contributed by atoms with Gasteiger partial charge in [0.15, 0.2) is 0 Å². The number of benzene rings is 1. The van der Waals surface area contributed by atoms with Crippen LogP contribution in [0.15, 0.2) is 24.4 Å². The van der Waals surface area contributed by atoms with Gasteiger partial charge in [-0.05, 0) is 27.7 Å². The molecule has 0 aliphatic rings. The average molecular weight is 276 g/mol. The van der Waals surface area contributed by atoms with E-state index in [4.69, 9.17) is 4.65 Å². The molecule has 0 radical (unpaired) electrons. The molecular formula is C14H21BN2O3. The summed E-state index contributed by atoms with van der Waals surface area (Å²) < 4.78 is 5.73. The van der Waals surface area contributed by atoms with E-state index in [9.17, 15) is 10.1 Å². The Morgan fingerprint density at radius 1 is 1.30 bits per heavy atom. The molecule has 2 rings (SSSR count). The predicted molar refractivity (Wildman–Crippen MR) is 79.8 cm³/mol. The van der Waals surface area contributed by atoms with Crippen molar-refractivity contribution >= 4 is 23.5 Å². The zero-order valence-electron chi connectivity index (χ0n) is 12.3. The van der Waals surface area contributed by atoms with Crippen LogP contribution in [0.4, 0.5) is 0 Å². The molecule has 1 aromatic carbocycles. The maximum atomic E-state index is 10.3. The van der Waals surface area contributed by atoms with Crippen LogP contribution >= 0.6 is 0 Å². The van der Waals surface area contributed by atoms with E-state index in [0.717, 1.165) is 10.9 Å². The van der Waals surface area contributed by atoms with Crippen LogP contribution in [0, 0.1) is 0 Å². The van der Waals surface area contributed by atoms with Crippen molar-refractivity contribution in [3.05, 3.63) is 24.4 Å². The molecular weight excluding hydrogens is 255 g/mol. The SMILES string of the molecule is CC(C)(O)CC(C)(C)OB(O)c1cccc2cn[nH]c12. The van der Waals surface area contributed by atoms with E-state index < -0.39 is 18.3 Å². The Kier molecular flexibility index (Phi) is 3.91. The first-order valence-corrected chi connectivity index (χ1v) is 6.68. The highest BCUT2D eigenvalue weighted by Crippen LogP contribution is 2.24. The minimum absolute atomic E-state index is 0.413. The number of H-pyrrole nitrogens is 1. The van der Waals surface area contributed by atoms with E-state index in [1.807, 2.05) is 26.0 Å². The second kappa shape index (κ2) is 5.20. The Morgan fingerprint density at radius 2 is 2.00 bits per heavy atom.